The van der Waals surface area contributed by atoms with Crippen molar-refractivity contribution >= 4 is 15.9 Å². The number of carbonyl (C=O) groups is 1. The van der Waals surface area contributed by atoms with Crippen molar-refractivity contribution in [1.29, 1.82) is 0 Å². The minimum atomic E-state index is -4.25. The maximum Gasteiger partial charge on any atom is 0.249 e. The lowest BCUT2D eigenvalue weighted by Crippen LogP contribution is -2.52. The molecule has 28 heavy (non-hydrogen) atoms. The van der Waals surface area contributed by atoms with Gasteiger partial charge in [-0.3, -0.25) is 9.69 Å². The first-order valence-electron chi connectivity index (χ1n) is 9.75. The van der Waals surface area contributed by atoms with Gasteiger partial charge in [0, 0.05) is 32.2 Å². The maximum absolute atomic E-state index is 13.9. The van der Waals surface area contributed by atoms with Crippen molar-refractivity contribution in [3.63, 3.8) is 0 Å². The summed E-state index contributed by atoms with van der Waals surface area (Å²) in [5, 5.41) is 3.09. The predicted molar refractivity (Wildman–Crippen MR) is 101 cm³/mol. The van der Waals surface area contributed by atoms with Gasteiger partial charge in [-0.25, -0.2) is 17.2 Å². The zero-order valence-electron chi connectivity index (χ0n) is 16.0. The van der Waals surface area contributed by atoms with E-state index in [2.05, 4.69) is 12.2 Å². The minimum Gasteiger partial charge on any atom is -0.352 e. The quantitative estimate of drug-likeness (QED) is 0.798. The number of benzene rings is 1. The van der Waals surface area contributed by atoms with Crippen LogP contribution in [0.3, 0.4) is 0 Å². The molecule has 156 valence electrons. The molecule has 1 aliphatic heterocycles. The number of nitrogens with zero attached hydrogens (tertiary/aromatic N) is 2. The molecule has 1 N–H and O–H groups in total. The van der Waals surface area contributed by atoms with E-state index in [4.69, 9.17) is 0 Å². The van der Waals surface area contributed by atoms with Crippen LogP contribution < -0.4 is 5.32 Å². The summed E-state index contributed by atoms with van der Waals surface area (Å²) in [7, 11) is -4.25. The lowest BCUT2D eigenvalue weighted by molar-refractivity contribution is -0.123. The molecule has 1 aliphatic carbocycles. The van der Waals surface area contributed by atoms with Gasteiger partial charge in [-0.05, 0) is 30.9 Å². The number of piperazine rings is 1. The summed E-state index contributed by atoms with van der Waals surface area (Å²) in [6.45, 7) is 3.19. The van der Waals surface area contributed by atoms with Crippen molar-refractivity contribution in [2.24, 2.45) is 5.92 Å². The molecule has 0 radical (unpaired) electrons. The number of carbonyl (C=O) groups excluding carboxylic acids is 1. The summed E-state index contributed by atoms with van der Waals surface area (Å²) in [5.74, 6) is -1.78. The fourth-order valence-corrected chi connectivity index (χ4v) is 5.50. The largest absolute Gasteiger partial charge is 0.352 e. The minimum absolute atomic E-state index is 0.0600. The normalized spacial score (nSPS) is 24.8. The molecule has 1 aromatic rings. The molecule has 2 aliphatic rings. The molecule has 1 saturated heterocycles. The molecule has 1 saturated carbocycles. The van der Waals surface area contributed by atoms with Crippen LogP contribution in [-0.2, 0) is 14.8 Å². The first-order chi connectivity index (χ1) is 13.3. The average molecular weight is 416 g/mol. The first-order valence-corrected chi connectivity index (χ1v) is 11.2. The number of nitrogens with one attached hydrogen (secondary N) is 1. The second-order valence-corrected chi connectivity index (χ2v) is 9.54. The van der Waals surface area contributed by atoms with Gasteiger partial charge < -0.3 is 5.32 Å². The predicted octanol–water partition coefficient (Wildman–Crippen LogP) is 1.97. The Balaban J connectivity index is 1.55. The monoisotopic (exact) mass is 415 g/mol. The van der Waals surface area contributed by atoms with Gasteiger partial charge in [-0.2, -0.15) is 4.31 Å². The van der Waals surface area contributed by atoms with Crippen molar-refractivity contribution in [2.45, 2.75) is 43.5 Å². The molecule has 1 amide bonds. The third-order valence-electron chi connectivity index (χ3n) is 5.67. The Kier molecular flexibility index (Phi) is 6.67. The van der Waals surface area contributed by atoms with E-state index in [1.165, 1.54) is 6.42 Å². The average Bonchev–Trinajstić information content (AvgIpc) is 2.64. The topological polar surface area (TPSA) is 69.7 Å². The Morgan fingerprint density at radius 2 is 1.71 bits per heavy atom. The van der Waals surface area contributed by atoms with Crippen LogP contribution in [0.2, 0.25) is 0 Å². The lowest BCUT2D eigenvalue weighted by Gasteiger charge is -2.34. The molecule has 1 aromatic carbocycles. The number of hydrogen-bond donors (Lipinski definition) is 1. The van der Waals surface area contributed by atoms with Gasteiger partial charge >= 0.3 is 0 Å². The maximum atomic E-state index is 13.9. The van der Waals surface area contributed by atoms with Crippen LogP contribution in [0.5, 0.6) is 0 Å². The molecule has 9 heteroatoms. The second kappa shape index (κ2) is 8.84. The third-order valence-corrected chi connectivity index (χ3v) is 7.62. The standard InChI is InChI=1S/C19H27F2N3O3S/c1-14-5-2-3-8-17(14)22-18(25)13-23-9-11-24(12-10-23)28(26,27)19-15(20)6-4-7-16(19)21/h4,6-7,14,17H,2-3,5,8-13H2,1H3,(H,22,25)/t14-,17-/m1/s1. The molecule has 0 bridgehead atoms. The summed E-state index contributed by atoms with van der Waals surface area (Å²) in [5.41, 5.74) is 0. The van der Waals surface area contributed by atoms with Gasteiger partial charge in [0.05, 0.1) is 6.54 Å². The fraction of sp³-hybridized carbons (Fsp3) is 0.632. The molecule has 3 rings (SSSR count). The number of hydrogen-bond acceptors (Lipinski definition) is 4. The molecule has 1 heterocycles. The Bertz CT molecular complexity index is 790. The first kappa shape index (κ1) is 21.1. The van der Waals surface area contributed by atoms with E-state index < -0.39 is 26.6 Å². The highest BCUT2D eigenvalue weighted by atomic mass is 32.2. The highest BCUT2D eigenvalue weighted by molar-refractivity contribution is 7.89. The Labute approximate surface area is 164 Å². The molecular formula is C19H27F2N3O3S. The lowest BCUT2D eigenvalue weighted by atomic mass is 9.86. The summed E-state index contributed by atoms with van der Waals surface area (Å²) >= 11 is 0. The van der Waals surface area contributed by atoms with Crippen LogP contribution in [-0.4, -0.2) is 62.3 Å². The smallest absolute Gasteiger partial charge is 0.249 e. The van der Waals surface area contributed by atoms with Crippen molar-refractivity contribution in [3.8, 4) is 0 Å². The van der Waals surface area contributed by atoms with Gasteiger partial charge in [-0.15, -0.1) is 0 Å². The van der Waals surface area contributed by atoms with E-state index in [0.29, 0.717) is 19.0 Å². The Morgan fingerprint density at radius 1 is 1.11 bits per heavy atom. The van der Waals surface area contributed by atoms with Gasteiger partial charge in [0.15, 0.2) is 4.90 Å². The van der Waals surface area contributed by atoms with Gasteiger partial charge in [0.25, 0.3) is 0 Å². The Morgan fingerprint density at radius 3 is 2.32 bits per heavy atom. The second-order valence-electron chi connectivity index (χ2n) is 7.67. The molecule has 0 unspecified atom stereocenters. The van der Waals surface area contributed by atoms with E-state index in [-0.39, 0.29) is 31.6 Å². The van der Waals surface area contributed by atoms with Crippen molar-refractivity contribution in [2.75, 3.05) is 32.7 Å². The zero-order valence-corrected chi connectivity index (χ0v) is 16.9. The SMILES string of the molecule is C[C@@H]1CCCC[C@H]1NC(=O)CN1CCN(S(=O)(=O)c2c(F)cccc2F)CC1. The number of rotatable bonds is 5. The van der Waals surface area contributed by atoms with Crippen LogP contribution in [0.25, 0.3) is 0 Å². The number of sulfonamides is 1. The van der Waals surface area contributed by atoms with E-state index in [1.54, 1.807) is 0 Å². The molecular weight excluding hydrogens is 388 g/mol. The zero-order chi connectivity index (χ0) is 20.3. The van der Waals surface area contributed by atoms with Gasteiger partial charge in [0.1, 0.15) is 11.6 Å². The number of halogens is 2. The van der Waals surface area contributed by atoms with E-state index in [9.17, 15) is 22.0 Å². The van der Waals surface area contributed by atoms with Crippen LogP contribution in [0, 0.1) is 17.6 Å². The number of amides is 1. The van der Waals surface area contributed by atoms with Crippen molar-refractivity contribution in [3.05, 3.63) is 29.8 Å². The highest BCUT2D eigenvalue weighted by Gasteiger charge is 2.33. The van der Waals surface area contributed by atoms with Crippen LogP contribution in [0.15, 0.2) is 23.1 Å². The van der Waals surface area contributed by atoms with E-state index in [0.717, 1.165) is 41.8 Å². The fourth-order valence-electron chi connectivity index (χ4n) is 3.97. The Hall–Kier alpha value is -1.58. The van der Waals surface area contributed by atoms with E-state index >= 15 is 0 Å². The molecule has 2 fully saturated rings. The third kappa shape index (κ3) is 4.69. The van der Waals surface area contributed by atoms with Gasteiger partial charge in [0.2, 0.25) is 15.9 Å². The van der Waals surface area contributed by atoms with Crippen molar-refractivity contribution < 1.29 is 22.0 Å². The molecule has 6 nitrogen and oxygen atoms in total. The summed E-state index contributed by atoms with van der Waals surface area (Å²) in [4.78, 5) is 13.3. The van der Waals surface area contributed by atoms with Crippen LogP contribution in [0.4, 0.5) is 8.78 Å². The highest BCUT2D eigenvalue weighted by Crippen LogP contribution is 2.25. The summed E-state index contributed by atoms with van der Waals surface area (Å²) in [6.07, 6.45) is 4.44. The molecule has 0 aromatic heterocycles. The van der Waals surface area contributed by atoms with Gasteiger partial charge in [-0.1, -0.05) is 25.8 Å². The van der Waals surface area contributed by atoms with Crippen LogP contribution >= 0.6 is 0 Å². The van der Waals surface area contributed by atoms with E-state index in [1.807, 2.05) is 4.90 Å². The molecule has 0 spiro atoms. The van der Waals surface area contributed by atoms with Crippen molar-refractivity contribution in [1.82, 2.24) is 14.5 Å². The summed E-state index contributed by atoms with van der Waals surface area (Å²) < 4.78 is 54.1. The van der Waals surface area contributed by atoms with Crippen LogP contribution in [0.1, 0.15) is 32.6 Å². The summed E-state index contributed by atoms with van der Waals surface area (Å²) in [6, 6.07) is 3.20. The molecule has 2 atom stereocenters.